The Morgan fingerprint density at radius 1 is 1.10 bits per heavy atom. The largest absolute Gasteiger partial charge is 0.378 e. The molecular weight excluding hydrogens is 416 g/mol. The fraction of sp³-hybridized carbons (Fsp3) is 0.409. The summed E-state index contributed by atoms with van der Waals surface area (Å²) in [6, 6.07) is 12.0. The second-order valence-electron chi connectivity index (χ2n) is 7.79. The summed E-state index contributed by atoms with van der Waals surface area (Å²) in [6.45, 7) is 4.56. The van der Waals surface area contributed by atoms with Crippen molar-refractivity contribution in [3.63, 3.8) is 0 Å². The lowest BCUT2D eigenvalue weighted by molar-refractivity contribution is 0.122. The van der Waals surface area contributed by atoms with E-state index in [1.54, 1.807) is 0 Å². The smallest absolute Gasteiger partial charge is 0.263 e. The average molecular weight is 443 g/mol. The van der Waals surface area contributed by atoms with Crippen molar-refractivity contribution in [2.24, 2.45) is 0 Å². The Labute approximate surface area is 186 Å². The van der Waals surface area contributed by atoms with Crippen LogP contribution < -0.4 is 21.1 Å². The number of aromatic amines is 1. The molecule has 0 radical (unpaired) electrons. The van der Waals surface area contributed by atoms with Gasteiger partial charge in [0.05, 0.1) is 24.4 Å². The van der Waals surface area contributed by atoms with Crippen molar-refractivity contribution in [1.29, 1.82) is 0 Å². The van der Waals surface area contributed by atoms with Crippen LogP contribution in [0.2, 0.25) is 0 Å². The van der Waals surface area contributed by atoms with Gasteiger partial charge in [-0.1, -0.05) is 24.3 Å². The van der Waals surface area contributed by atoms with Gasteiger partial charge < -0.3 is 20.3 Å². The van der Waals surface area contributed by atoms with Crippen LogP contribution in [-0.4, -0.2) is 60.4 Å². The molecule has 3 aromatic rings. The molecule has 0 aliphatic carbocycles. The Hall–Kier alpha value is -2.68. The van der Waals surface area contributed by atoms with Crippen molar-refractivity contribution in [3.8, 4) is 11.3 Å². The molecule has 2 aliphatic heterocycles. The highest BCUT2D eigenvalue weighted by Crippen LogP contribution is 2.26. The molecule has 2 saturated heterocycles. The zero-order valence-electron chi connectivity index (χ0n) is 17.3. The van der Waals surface area contributed by atoms with Crippen LogP contribution in [0.15, 0.2) is 41.2 Å². The Balaban J connectivity index is 0.00000231. The number of halogens is 1. The summed E-state index contributed by atoms with van der Waals surface area (Å²) in [7, 11) is 0. The molecular formula is C22H27ClN6O2. The fourth-order valence-electron chi connectivity index (χ4n) is 4.10. The molecule has 0 spiro atoms. The summed E-state index contributed by atoms with van der Waals surface area (Å²) < 4.78 is 5.44. The summed E-state index contributed by atoms with van der Waals surface area (Å²) in [6.07, 6.45) is 2.14. The van der Waals surface area contributed by atoms with Crippen LogP contribution in [0.25, 0.3) is 22.2 Å². The van der Waals surface area contributed by atoms with Crippen LogP contribution in [0.4, 0.5) is 11.8 Å². The number of hydrogen-bond acceptors (Lipinski definition) is 7. The summed E-state index contributed by atoms with van der Waals surface area (Å²) >= 11 is 0. The monoisotopic (exact) mass is 442 g/mol. The van der Waals surface area contributed by atoms with E-state index in [2.05, 4.69) is 20.5 Å². The molecule has 9 heteroatoms. The van der Waals surface area contributed by atoms with Gasteiger partial charge in [0.2, 0.25) is 5.95 Å². The molecule has 0 saturated carbocycles. The highest BCUT2D eigenvalue weighted by atomic mass is 35.5. The molecule has 3 N–H and O–H groups in total. The molecule has 1 aromatic carbocycles. The van der Waals surface area contributed by atoms with Gasteiger partial charge in [-0.05, 0) is 31.5 Å². The third-order valence-corrected chi connectivity index (χ3v) is 5.71. The first-order valence-corrected chi connectivity index (χ1v) is 10.6. The molecule has 0 amide bonds. The number of nitrogens with zero attached hydrogens (tertiary/aromatic N) is 3. The summed E-state index contributed by atoms with van der Waals surface area (Å²) in [5, 5.41) is 7.98. The standard InChI is InChI=1S/C22H26N6O2.ClH/c29-21-19(18-8-7-15-4-1-2-6-17(15)25-18)20(24-16-5-3-9-23-14-16)26-22(27-21)28-10-12-30-13-11-28;/h1-2,4,6-8,16,23H,3,5,9-14H2,(H2,24,26,27,29);1H/t16-;/m1./s1. The first-order valence-electron chi connectivity index (χ1n) is 10.6. The molecule has 2 aromatic heterocycles. The van der Waals surface area contributed by atoms with E-state index >= 15 is 0 Å². The van der Waals surface area contributed by atoms with Gasteiger partial charge in [0.1, 0.15) is 11.4 Å². The van der Waals surface area contributed by atoms with Crippen LogP contribution in [0.3, 0.4) is 0 Å². The zero-order chi connectivity index (χ0) is 20.3. The van der Waals surface area contributed by atoms with E-state index in [0.717, 1.165) is 36.8 Å². The van der Waals surface area contributed by atoms with Crippen LogP contribution in [0, 0.1) is 0 Å². The summed E-state index contributed by atoms with van der Waals surface area (Å²) in [5.41, 5.74) is 1.79. The molecule has 2 aliphatic rings. The topological polar surface area (TPSA) is 95.2 Å². The minimum atomic E-state index is -0.180. The molecule has 2 fully saturated rings. The quantitative estimate of drug-likeness (QED) is 0.571. The maximum Gasteiger partial charge on any atom is 0.263 e. The second kappa shape index (κ2) is 9.64. The van der Waals surface area contributed by atoms with E-state index in [0.29, 0.717) is 49.3 Å². The lowest BCUT2D eigenvalue weighted by Gasteiger charge is -2.29. The lowest BCUT2D eigenvalue weighted by atomic mass is 10.1. The highest BCUT2D eigenvalue weighted by Gasteiger charge is 2.22. The molecule has 0 unspecified atom stereocenters. The Morgan fingerprint density at radius 2 is 1.94 bits per heavy atom. The highest BCUT2D eigenvalue weighted by molar-refractivity contribution is 5.85. The van der Waals surface area contributed by atoms with Crippen molar-refractivity contribution in [3.05, 3.63) is 46.8 Å². The van der Waals surface area contributed by atoms with Crippen molar-refractivity contribution < 1.29 is 4.74 Å². The van der Waals surface area contributed by atoms with E-state index in [4.69, 9.17) is 14.7 Å². The van der Waals surface area contributed by atoms with E-state index in [1.165, 1.54) is 0 Å². The van der Waals surface area contributed by atoms with Gasteiger partial charge in [0, 0.05) is 31.1 Å². The fourth-order valence-corrected chi connectivity index (χ4v) is 4.10. The number of ether oxygens (including phenoxy) is 1. The van der Waals surface area contributed by atoms with Gasteiger partial charge in [-0.3, -0.25) is 9.78 Å². The maximum absolute atomic E-state index is 13.2. The van der Waals surface area contributed by atoms with Gasteiger partial charge in [0.15, 0.2) is 0 Å². The summed E-state index contributed by atoms with van der Waals surface area (Å²) in [4.78, 5) is 27.9. The predicted octanol–water partition coefficient (Wildman–Crippen LogP) is 2.41. The van der Waals surface area contributed by atoms with Crippen LogP contribution >= 0.6 is 12.4 Å². The average Bonchev–Trinajstić information content (AvgIpc) is 2.80. The number of nitrogens with one attached hydrogen (secondary N) is 3. The Kier molecular flexibility index (Phi) is 6.70. The van der Waals surface area contributed by atoms with E-state index in [1.807, 2.05) is 36.4 Å². The number of fused-ring (bicyclic) bond motifs is 1. The Morgan fingerprint density at radius 3 is 2.74 bits per heavy atom. The van der Waals surface area contributed by atoms with Crippen LogP contribution in [0.1, 0.15) is 12.8 Å². The van der Waals surface area contributed by atoms with Crippen molar-refractivity contribution in [2.45, 2.75) is 18.9 Å². The van der Waals surface area contributed by atoms with E-state index in [-0.39, 0.29) is 24.0 Å². The molecule has 8 nitrogen and oxygen atoms in total. The lowest BCUT2D eigenvalue weighted by Crippen LogP contribution is -2.40. The molecule has 1 atom stereocenters. The van der Waals surface area contributed by atoms with Crippen LogP contribution in [-0.2, 0) is 4.74 Å². The van der Waals surface area contributed by atoms with Crippen molar-refractivity contribution in [2.75, 3.05) is 49.6 Å². The van der Waals surface area contributed by atoms with Gasteiger partial charge in [-0.2, -0.15) is 4.98 Å². The molecule has 31 heavy (non-hydrogen) atoms. The second-order valence-corrected chi connectivity index (χ2v) is 7.79. The van der Waals surface area contributed by atoms with Crippen molar-refractivity contribution >= 4 is 35.1 Å². The third-order valence-electron chi connectivity index (χ3n) is 5.71. The molecule has 0 bridgehead atoms. The maximum atomic E-state index is 13.2. The minimum Gasteiger partial charge on any atom is -0.378 e. The number of pyridine rings is 1. The number of aromatic nitrogens is 3. The van der Waals surface area contributed by atoms with Gasteiger partial charge >= 0.3 is 0 Å². The number of H-pyrrole nitrogens is 1. The zero-order valence-corrected chi connectivity index (χ0v) is 18.1. The van der Waals surface area contributed by atoms with E-state index in [9.17, 15) is 4.79 Å². The molecule has 4 heterocycles. The number of hydrogen-bond donors (Lipinski definition) is 3. The number of benzene rings is 1. The first kappa shape index (κ1) is 21.5. The Bertz CT molecular complexity index is 1090. The van der Waals surface area contributed by atoms with Crippen LogP contribution in [0.5, 0.6) is 0 Å². The number of morpholine rings is 1. The third kappa shape index (κ3) is 4.66. The summed E-state index contributed by atoms with van der Waals surface area (Å²) in [5.74, 6) is 1.18. The van der Waals surface area contributed by atoms with Crippen molar-refractivity contribution in [1.82, 2.24) is 20.3 Å². The number of rotatable bonds is 4. The van der Waals surface area contributed by atoms with Gasteiger partial charge in [-0.25, -0.2) is 4.98 Å². The normalized spacial score (nSPS) is 19.1. The molecule has 5 rings (SSSR count). The molecule has 164 valence electrons. The van der Waals surface area contributed by atoms with E-state index < -0.39 is 0 Å². The number of para-hydroxylation sites is 1. The minimum absolute atomic E-state index is 0. The van der Waals surface area contributed by atoms with Gasteiger partial charge in [-0.15, -0.1) is 12.4 Å². The number of piperidine rings is 1. The predicted molar refractivity (Wildman–Crippen MR) is 125 cm³/mol. The SMILES string of the molecule is Cl.O=c1[nH]c(N2CCOCC2)nc(N[C@@H]2CCCNC2)c1-c1ccc2ccccc2n1. The first-order chi connectivity index (χ1) is 14.8. The number of anilines is 2. The van der Waals surface area contributed by atoms with Gasteiger partial charge in [0.25, 0.3) is 5.56 Å².